The Morgan fingerprint density at radius 2 is 1.81 bits per heavy atom. The molecular weight excluding hydrogens is 362 g/mol. The third kappa shape index (κ3) is 4.89. The van der Waals surface area contributed by atoms with Gasteiger partial charge in [-0.3, -0.25) is 14.4 Å². The molecule has 0 bridgehead atoms. The molecule has 2 rings (SSSR count). The van der Waals surface area contributed by atoms with Crippen LogP contribution in [0.4, 0.5) is 0 Å². The van der Waals surface area contributed by atoms with Crippen LogP contribution in [-0.2, 0) is 9.53 Å². The Kier molecular flexibility index (Phi) is 6.65. The number of hydrogen-bond acceptors (Lipinski definition) is 5. The smallest absolute Gasteiger partial charge is 0.316 e. The van der Waals surface area contributed by atoms with Gasteiger partial charge in [0.15, 0.2) is 11.9 Å². The molecule has 1 heterocycles. The van der Waals surface area contributed by atoms with Crippen LogP contribution in [0, 0.1) is 27.7 Å². The summed E-state index contributed by atoms with van der Waals surface area (Å²) in [6, 6.07) is 6.06. The van der Waals surface area contributed by atoms with Crippen molar-refractivity contribution in [1.82, 2.24) is 4.98 Å². The molecule has 0 saturated heterocycles. The standard InChI is InChI=1S/C21H25NO4S/c1-11-7-8-12(2)17(9-11)27-10-18(24)26-16(6)21(25)20-13(3)19(15(5)23)14(4)22-20/h7-9,16,22H,10H2,1-6H3/t16-/m1/s1. The molecule has 0 radical (unpaired) electrons. The number of nitrogens with one attached hydrogen (secondary N) is 1. The van der Waals surface area contributed by atoms with Crippen molar-refractivity contribution in [2.45, 2.75) is 52.5 Å². The van der Waals surface area contributed by atoms with Gasteiger partial charge in [-0.2, -0.15) is 0 Å². The summed E-state index contributed by atoms with van der Waals surface area (Å²) in [5.41, 5.74) is 4.29. The molecule has 27 heavy (non-hydrogen) atoms. The number of carbonyl (C=O) groups is 3. The van der Waals surface area contributed by atoms with E-state index in [4.69, 9.17) is 4.74 Å². The molecule has 1 aromatic carbocycles. The van der Waals surface area contributed by atoms with Crippen LogP contribution in [0.1, 0.15) is 57.1 Å². The number of aromatic nitrogens is 1. The summed E-state index contributed by atoms with van der Waals surface area (Å²) in [4.78, 5) is 40.5. The van der Waals surface area contributed by atoms with Crippen molar-refractivity contribution in [1.29, 1.82) is 0 Å². The number of H-pyrrole nitrogens is 1. The van der Waals surface area contributed by atoms with Gasteiger partial charge in [-0.25, -0.2) is 0 Å². The molecule has 1 N–H and O–H groups in total. The first-order chi connectivity index (χ1) is 12.6. The summed E-state index contributed by atoms with van der Waals surface area (Å²) >= 11 is 1.39. The van der Waals surface area contributed by atoms with E-state index in [1.807, 2.05) is 32.0 Å². The lowest BCUT2D eigenvalue weighted by atomic mass is 10.0. The fourth-order valence-corrected chi connectivity index (χ4v) is 3.92. The minimum absolute atomic E-state index is 0.102. The molecule has 0 aliphatic carbocycles. The number of ketones is 2. The SMILES string of the molecule is CC(=O)c1c(C)[nH]c(C(=O)[C@@H](C)OC(=O)CSc2cc(C)ccc2C)c1C. The molecule has 0 saturated carbocycles. The lowest BCUT2D eigenvalue weighted by Crippen LogP contribution is -2.26. The van der Waals surface area contributed by atoms with Gasteiger partial charge in [0.05, 0.1) is 11.4 Å². The number of thioether (sulfide) groups is 1. The first-order valence-electron chi connectivity index (χ1n) is 8.75. The summed E-state index contributed by atoms with van der Waals surface area (Å²) in [6.45, 7) is 10.5. The molecular formula is C21H25NO4S. The average molecular weight is 388 g/mol. The predicted molar refractivity (Wildman–Crippen MR) is 107 cm³/mol. The Labute approximate surface area is 163 Å². The Bertz CT molecular complexity index is 898. The maximum atomic E-state index is 12.6. The molecule has 0 unspecified atom stereocenters. The Hall–Kier alpha value is -2.34. The van der Waals surface area contributed by atoms with Gasteiger partial charge in [0.2, 0.25) is 5.78 Å². The van der Waals surface area contributed by atoms with Crippen LogP contribution in [0.25, 0.3) is 0 Å². The molecule has 0 fully saturated rings. The van der Waals surface area contributed by atoms with Gasteiger partial charge in [0, 0.05) is 16.2 Å². The monoisotopic (exact) mass is 387 g/mol. The van der Waals surface area contributed by atoms with E-state index in [1.165, 1.54) is 18.7 Å². The minimum atomic E-state index is -0.923. The first kappa shape index (κ1) is 21.0. The minimum Gasteiger partial charge on any atom is -0.454 e. The van der Waals surface area contributed by atoms with E-state index >= 15 is 0 Å². The highest BCUT2D eigenvalue weighted by Crippen LogP contribution is 2.24. The van der Waals surface area contributed by atoms with E-state index in [9.17, 15) is 14.4 Å². The highest BCUT2D eigenvalue weighted by atomic mass is 32.2. The van der Waals surface area contributed by atoms with Crippen molar-refractivity contribution in [2.75, 3.05) is 5.75 Å². The zero-order valence-corrected chi connectivity index (χ0v) is 17.4. The highest BCUT2D eigenvalue weighted by molar-refractivity contribution is 8.00. The molecule has 6 heteroatoms. The molecule has 0 aliphatic heterocycles. The zero-order chi connectivity index (χ0) is 20.3. The molecule has 5 nitrogen and oxygen atoms in total. The average Bonchev–Trinajstić information content (AvgIpc) is 2.89. The lowest BCUT2D eigenvalue weighted by Gasteiger charge is -2.13. The molecule has 1 aromatic heterocycles. The maximum Gasteiger partial charge on any atom is 0.316 e. The van der Waals surface area contributed by atoms with Gasteiger partial charge in [-0.05, 0) is 58.7 Å². The second-order valence-electron chi connectivity index (χ2n) is 6.74. The van der Waals surface area contributed by atoms with Crippen molar-refractivity contribution >= 4 is 29.3 Å². The summed E-state index contributed by atoms with van der Waals surface area (Å²) in [6.07, 6.45) is -0.923. The number of benzene rings is 1. The van der Waals surface area contributed by atoms with E-state index in [0.29, 0.717) is 22.5 Å². The van der Waals surface area contributed by atoms with Gasteiger partial charge in [0.25, 0.3) is 0 Å². The number of carbonyl (C=O) groups excluding carboxylic acids is 3. The van der Waals surface area contributed by atoms with Crippen molar-refractivity contribution in [3.63, 3.8) is 0 Å². The molecule has 0 aliphatic rings. The van der Waals surface area contributed by atoms with Crippen LogP contribution in [0.3, 0.4) is 0 Å². The number of aryl methyl sites for hydroxylation is 3. The van der Waals surface area contributed by atoms with E-state index in [1.54, 1.807) is 20.8 Å². The first-order valence-corrected chi connectivity index (χ1v) is 9.74. The fraction of sp³-hybridized carbons (Fsp3) is 0.381. The Morgan fingerprint density at radius 1 is 1.15 bits per heavy atom. The molecule has 1 atom stereocenters. The van der Waals surface area contributed by atoms with E-state index in [2.05, 4.69) is 4.98 Å². The third-order valence-corrected chi connectivity index (χ3v) is 5.53. The van der Waals surface area contributed by atoms with E-state index < -0.39 is 12.1 Å². The zero-order valence-electron chi connectivity index (χ0n) is 16.6. The number of Topliss-reactive ketones (excluding diaryl/α,β-unsaturated/α-hetero) is 2. The summed E-state index contributed by atoms with van der Waals surface area (Å²) in [7, 11) is 0. The summed E-state index contributed by atoms with van der Waals surface area (Å²) in [5.74, 6) is -0.763. The van der Waals surface area contributed by atoms with Crippen molar-refractivity contribution < 1.29 is 19.1 Å². The van der Waals surface area contributed by atoms with Gasteiger partial charge < -0.3 is 9.72 Å². The van der Waals surface area contributed by atoms with Gasteiger partial charge >= 0.3 is 5.97 Å². The van der Waals surface area contributed by atoms with Gasteiger partial charge in [0.1, 0.15) is 0 Å². The van der Waals surface area contributed by atoms with Crippen LogP contribution >= 0.6 is 11.8 Å². The molecule has 144 valence electrons. The third-order valence-electron chi connectivity index (χ3n) is 4.40. The fourth-order valence-electron chi connectivity index (χ4n) is 3.01. The normalized spacial score (nSPS) is 11.9. The summed E-state index contributed by atoms with van der Waals surface area (Å²) in [5, 5.41) is 0. The Balaban J connectivity index is 2.02. The summed E-state index contributed by atoms with van der Waals surface area (Å²) < 4.78 is 5.31. The topological polar surface area (TPSA) is 76.2 Å². The predicted octanol–water partition coefficient (Wildman–Crippen LogP) is 4.36. The van der Waals surface area contributed by atoms with Crippen molar-refractivity contribution in [3.8, 4) is 0 Å². The quantitative estimate of drug-likeness (QED) is 0.434. The van der Waals surface area contributed by atoms with E-state index in [-0.39, 0.29) is 17.3 Å². The highest BCUT2D eigenvalue weighted by Gasteiger charge is 2.26. The lowest BCUT2D eigenvalue weighted by molar-refractivity contribution is -0.143. The van der Waals surface area contributed by atoms with Crippen molar-refractivity contribution in [2.24, 2.45) is 0 Å². The second kappa shape index (κ2) is 8.57. The van der Waals surface area contributed by atoms with Crippen LogP contribution in [0.2, 0.25) is 0 Å². The van der Waals surface area contributed by atoms with Crippen LogP contribution in [0.5, 0.6) is 0 Å². The molecule has 0 spiro atoms. The molecule has 0 amide bonds. The number of hydrogen-bond donors (Lipinski definition) is 1. The van der Waals surface area contributed by atoms with E-state index in [0.717, 1.165) is 16.0 Å². The van der Waals surface area contributed by atoms with Crippen LogP contribution in [0.15, 0.2) is 23.1 Å². The van der Waals surface area contributed by atoms with Crippen LogP contribution in [-0.4, -0.2) is 34.4 Å². The largest absolute Gasteiger partial charge is 0.454 e. The number of aromatic amines is 1. The number of esters is 1. The van der Waals surface area contributed by atoms with Gasteiger partial charge in [-0.1, -0.05) is 17.7 Å². The molecule has 2 aromatic rings. The number of ether oxygens (including phenoxy) is 1. The van der Waals surface area contributed by atoms with Crippen molar-refractivity contribution in [3.05, 3.63) is 51.8 Å². The Morgan fingerprint density at radius 3 is 2.41 bits per heavy atom. The van der Waals surface area contributed by atoms with Crippen LogP contribution < -0.4 is 0 Å². The maximum absolute atomic E-state index is 12.6. The second-order valence-corrected chi connectivity index (χ2v) is 7.75. The number of rotatable bonds is 7. The van der Waals surface area contributed by atoms with Gasteiger partial charge in [-0.15, -0.1) is 11.8 Å².